The molecule has 22 heavy (non-hydrogen) atoms. The van der Waals surface area contributed by atoms with Crippen LogP contribution in [-0.2, 0) is 14.8 Å². The lowest BCUT2D eigenvalue weighted by atomic mass is 9.88. The second-order valence-electron chi connectivity index (χ2n) is 5.49. The van der Waals surface area contributed by atoms with Gasteiger partial charge in [-0.3, -0.25) is 4.79 Å². The molecule has 0 bridgehead atoms. The Balaban J connectivity index is 1.99. The van der Waals surface area contributed by atoms with Crippen molar-refractivity contribution in [2.24, 2.45) is 5.92 Å². The molecule has 1 saturated carbocycles. The lowest BCUT2D eigenvalue weighted by Crippen LogP contribution is -2.25. The molecule has 0 heterocycles. The third-order valence-electron chi connectivity index (χ3n) is 3.83. The Morgan fingerprint density at radius 1 is 1.18 bits per heavy atom. The summed E-state index contributed by atoms with van der Waals surface area (Å²) in [4.78, 5) is 12.3. The van der Waals surface area contributed by atoms with E-state index in [0.717, 1.165) is 25.7 Å². The number of nitrogens with one attached hydrogen (secondary N) is 2. The predicted molar refractivity (Wildman–Crippen MR) is 87.0 cm³/mol. The number of anilines is 1. The maximum Gasteiger partial charge on any atom is 0.240 e. The number of amides is 1. The van der Waals surface area contributed by atoms with E-state index in [1.807, 2.05) is 0 Å². The Hall–Kier alpha value is -1.66. The predicted octanol–water partition coefficient (Wildman–Crippen LogP) is 2.67. The molecule has 1 aliphatic rings. The van der Waals surface area contributed by atoms with Gasteiger partial charge in [0.25, 0.3) is 0 Å². The van der Waals surface area contributed by atoms with Crippen LogP contribution in [0.2, 0.25) is 0 Å². The summed E-state index contributed by atoms with van der Waals surface area (Å²) in [5.41, 5.74) is 0.623. The van der Waals surface area contributed by atoms with Gasteiger partial charge in [0.15, 0.2) is 0 Å². The number of hydrogen-bond donors (Lipinski definition) is 2. The molecule has 0 spiro atoms. The standard InChI is InChI=1S/C16H22N2O3S/c1-2-12-17-22(20,21)15-10-8-14(9-11-15)18-16(19)13-6-4-3-5-7-13/h2,8-11,13,17H,1,3-7,12H2,(H,18,19). The molecule has 1 amide bonds. The van der Waals surface area contributed by atoms with Crippen molar-refractivity contribution in [3.05, 3.63) is 36.9 Å². The van der Waals surface area contributed by atoms with E-state index in [1.165, 1.54) is 24.6 Å². The van der Waals surface area contributed by atoms with Gasteiger partial charge in [-0.15, -0.1) is 6.58 Å². The smallest absolute Gasteiger partial charge is 0.240 e. The number of benzene rings is 1. The van der Waals surface area contributed by atoms with Gasteiger partial charge in [0.2, 0.25) is 15.9 Å². The van der Waals surface area contributed by atoms with E-state index >= 15 is 0 Å². The van der Waals surface area contributed by atoms with Gasteiger partial charge >= 0.3 is 0 Å². The van der Waals surface area contributed by atoms with E-state index in [2.05, 4.69) is 16.6 Å². The van der Waals surface area contributed by atoms with Crippen LogP contribution < -0.4 is 10.0 Å². The van der Waals surface area contributed by atoms with Gasteiger partial charge in [-0.2, -0.15) is 0 Å². The molecule has 2 rings (SSSR count). The maximum absolute atomic E-state index is 12.1. The molecule has 0 radical (unpaired) electrons. The molecule has 5 nitrogen and oxygen atoms in total. The summed E-state index contributed by atoms with van der Waals surface area (Å²) in [7, 11) is -3.52. The van der Waals surface area contributed by atoms with Crippen LogP contribution >= 0.6 is 0 Å². The zero-order valence-electron chi connectivity index (χ0n) is 12.5. The van der Waals surface area contributed by atoms with Gasteiger partial charge in [-0.05, 0) is 37.1 Å². The van der Waals surface area contributed by atoms with Crippen LogP contribution in [0.25, 0.3) is 0 Å². The van der Waals surface area contributed by atoms with Gasteiger partial charge in [0.1, 0.15) is 0 Å². The zero-order valence-corrected chi connectivity index (χ0v) is 13.4. The van der Waals surface area contributed by atoms with E-state index in [9.17, 15) is 13.2 Å². The van der Waals surface area contributed by atoms with Crippen LogP contribution in [-0.4, -0.2) is 20.9 Å². The van der Waals surface area contributed by atoms with Crippen molar-refractivity contribution in [2.75, 3.05) is 11.9 Å². The molecule has 1 aliphatic carbocycles. The molecule has 2 N–H and O–H groups in total. The summed E-state index contributed by atoms with van der Waals surface area (Å²) in [5.74, 6) is 0.103. The summed E-state index contributed by atoms with van der Waals surface area (Å²) in [6.45, 7) is 3.66. The number of carbonyl (C=O) groups excluding carboxylic acids is 1. The van der Waals surface area contributed by atoms with Crippen molar-refractivity contribution in [1.82, 2.24) is 4.72 Å². The third kappa shape index (κ3) is 4.42. The first-order valence-corrected chi connectivity index (χ1v) is 9.03. The van der Waals surface area contributed by atoms with Crippen molar-refractivity contribution < 1.29 is 13.2 Å². The third-order valence-corrected chi connectivity index (χ3v) is 5.27. The van der Waals surface area contributed by atoms with Crippen LogP contribution in [0.3, 0.4) is 0 Å². The minimum Gasteiger partial charge on any atom is -0.326 e. The highest BCUT2D eigenvalue weighted by Gasteiger charge is 2.21. The first-order chi connectivity index (χ1) is 10.5. The Bertz CT molecular complexity index is 617. The topological polar surface area (TPSA) is 75.3 Å². The lowest BCUT2D eigenvalue weighted by molar-refractivity contribution is -0.120. The van der Waals surface area contributed by atoms with Crippen molar-refractivity contribution in [1.29, 1.82) is 0 Å². The average molecular weight is 322 g/mol. The quantitative estimate of drug-likeness (QED) is 0.791. The first kappa shape index (κ1) is 16.7. The van der Waals surface area contributed by atoms with Gasteiger partial charge in [0.05, 0.1) is 4.90 Å². The average Bonchev–Trinajstić information content (AvgIpc) is 2.54. The fourth-order valence-corrected chi connectivity index (χ4v) is 3.58. The minimum atomic E-state index is -3.52. The first-order valence-electron chi connectivity index (χ1n) is 7.54. The molecule has 1 fully saturated rings. The summed E-state index contributed by atoms with van der Waals surface area (Å²) >= 11 is 0. The lowest BCUT2D eigenvalue weighted by Gasteiger charge is -2.20. The highest BCUT2D eigenvalue weighted by molar-refractivity contribution is 7.89. The van der Waals surface area contributed by atoms with E-state index < -0.39 is 10.0 Å². The second-order valence-corrected chi connectivity index (χ2v) is 7.26. The highest BCUT2D eigenvalue weighted by Crippen LogP contribution is 2.25. The number of rotatable bonds is 6. The summed E-state index contributed by atoms with van der Waals surface area (Å²) in [5, 5.41) is 2.86. The number of hydrogen-bond acceptors (Lipinski definition) is 3. The van der Waals surface area contributed by atoms with Gasteiger partial charge < -0.3 is 5.32 Å². The van der Waals surface area contributed by atoms with Crippen molar-refractivity contribution >= 4 is 21.6 Å². The van der Waals surface area contributed by atoms with Crippen LogP contribution in [0.5, 0.6) is 0 Å². The van der Waals surface area contributed by atoms with E-state index in [4.69, 9.17) is 0 Å². The Morgan fingerprint density at radius 2 is 1.82 bits per heavy atom. The number of carbonyl (C=O) groups is 1. The fourth-order valence-electron chi connectivity index (χ4n) is 2.58. The van der Waals surface area contributed by atoms with Crippen molar-refractivity contribution in [3.8, 4) is 0 Å². The summed E-state index contributed by atoms with van der Waals surface area (Å²) in [6, 6.07) is 6.20. The zero-order chi connectivity index (χ0) is 16.0. The van der Waals surface area contributed by atoms with Crippen LogP contribution in [0.15, 0.2) is 41.8 Å². The molecule has 1 aromatic rings. The van der Waals surface area contributed by atoms with Crippen molar-refractivity contribution in [3.63, 3.8) is 0 Å². The monoisotopic (exact) mass is 322 g/mol. The van der Waals surface area contributed by atoms with Crippen LogP contribution in [0.1, 0.15) is 32.1 Å². The molecular formula is C16H22N2O3S. The van der Waals surface area contributed by atoms with Crippen LogP contribution in [0.4, 0.5) is 5.69 Å². The van der Waals surface area contributed by atoms with E-state index in [1.54, 1.807) is 12.1 Å². The Kier molecular flexibility index (Phi) is 5.74. The SMILES string of the molecule is C=CCNS(=O)(=O)c1ccc(NC(=O)C2CCCCC2)cc1. The number of sulfonamides is 1. The largest absolute Gasteiger partial charge is 0.326 e. The Labute approximate surface area is 131 Å². The Morgan fingerprint density at radius 3 is 2.41 bits per heavy atom. The normalized spacial score (nSPS) is 16.2. The molecule has 0 aromatic heterocycles. The molecule has 0 saturated heterocycles. The molecule has 1 aromatic carbocycles. The van der Waals surface area contributed by atoms with Crippen molar-refractivity contribution in [2.45, 2.75) is 37.0 Å². The van der Waals surface area contributed by atoms with E-state index in [0.29, 0.717) is 5.69 Å². The summed E-state index contributed by atoms with van der Waals surface area (Å²) in [6.07, 6.45) is 6.76. The molecular weight excluding hydrogens is 300 g/mol. The van der Waals surface area contributed by atoms with Gasteiger partial charge in [-0.1, -0.05) is 25.3 Å². The molecule has 0 atom stereocenters. The highest BCUT2D eigenvalue weighted by atomic mass is 32.2. The molecule has 120 valence electrons. The van der Waals surface area contributed by atoms with Crippen LogP contribution in [0, 0.1) is 5.92 Å². The molecule has 6 heteroatoms. The van der Waals surface area contributed by atoms with Gasteiger partial charge in [0, 0.05) is 18.2 Å². The van der Waals surface area contributed by atoms with Gasteiger partial charge in [-0.25, -0.2) is 13.1 Å². The minimum absolute atomic E-state index is 0.0279. The summed E-state index contributed by atoms with van der Waals surface area (Å²) < 4.78 is 26.3. The van der Waals surface area contributed by atoms with E-state index in [-0.39, 0.29) is 23.3 Å². The molecule has 0 aliphatic heterocycles. The maximum atomic E-state index is 12.1. The second kappa shape index (κ2) is 7.56. The molecule has 0 unspecified atom stereocenters. The fraction of sp³-hybridized carbons (Fsp3) is 0.438.